The molecular weight excluding hydrogens is 290 g/mol. The Morgan fingerprint density at radius 2 is 2.24 bits per heavy atom. The highest BCUT2D eigenvalue weighted by atomic mass is 32.2. The fourth-order valence-electron chi connectivity index (χ4n) is 2.00. The molecule has 0 bridgehead atoms. The van der Waals surface area contributed by atoms with Crippen LogP contribution in [0.15, 0.2) is 21.0 Å². The van der Waals surface area contributed by atoms with Crippen LogP contribution in [0.4, 0.5) is 5.82 Å². The van der Waals surface area contributed by atoms with E-state index in [4.69, 9.17) is 5.84 Å². The van der Waals surface area contributed by atoms with Crippen molar-refractivity contribution >= 4 is 17.6 Å². The van der Waals surface area contributed by atoms with Crippen LogP contribution in [0.1, 0.15) is 44.5 Å². The predicted octanol–water partition coefficient (Wildman–Crippen LogP) is 1.26. The lowest BCUT2D eigenvalue weighted by atomic mass is 10.4. The SMILES string of the molecule is CC(C)n1c(Sc2cc(NN)nc(C3CC3)n2)n[nH]c1=O. The summed E-state index contributed by atoms with van der Waals surface area (Å²) in [5, 5.41) is 7.83. The van der Waals surface area contributed by atoms with Gasteiger partial charge in [0.05, 0.1) is 0 Å². The maximum absolute atomic E-state index is 11.7. The molecule has 21 heavy (non-hydrogen) atoms. The Morgan fingerprint density at radius 3 is 2.86 bits per heavy atom. The number of hydrogen-bond donors (Lipinski definition) is 3. The Balaban J connectivity index is 1.94. The minimum Gasteiger partial charge on any atom is -0.308 e. The fourth-order valence-corrected chi connectivity index (χ4v) is 2.98. The van der Waals surface area contributed by atoms with Gasteiger partial charge in [0.15, 0.2) is 5.16 Å². The number of nitrogens with zero attached hydrogens (tertiary/aromatic N) is 4. The molecule has 0 radical (unpaired) electrons. The third-order valence-corrected chi connectivity index (χ3v) is 4.08. The van der Waals surface area contributed by atoms with Gasteiger partial charge in [0, 0.05) is 18.0 Å². The van der Waals surface area contributed by atoms with E-state index in [9.17, 15) is 4.79 Å². The summed E-state index contributed by atoms with van der Waals surface area (Å²) < 4.78 is 1.60. The van der Waals surface area contributed by atoms with E-state index in [2.05, 4.69) is 25.6 Å². The maximum Gasteiger partial charge on any atom is 0.344 e. The van der Waals surface area contributed by atoms with Gasteiger partial charge in [-0.05, 0) is 38.5 Å². The molecule has 8 nitrogen and oxygen atoms in total. The quantitative estimate of drug-likeness (QED) is 0.432. The van der Waals surface area contributed by atoms with Crippen LogP contribution < -0.4 is 17.0 Å². The van der Waals surface area contributed by atoms with Gasteiger partial charge in [-0.15, -0.1) is 5.10 Å². The van der Waals surface area contributed by atoms with Crippen LogP contribution in [0, 0.1) is 0 Å². The number of hydrazine groups is 1. The van der Waals surface area contributed by atoms with Crippen LogP contribution in [0.5, 0.6) is 0 Å². The molecule has 2 aromatic rings. The largest absolute Gasteiger partial charge is 0.344 e. The monoisotopic (exact) mass is 307 g/mol. The Bertz CT molecular complexity index is 704. The first kappa shape index (κ1) is 14.1. The molecule has 2 aromatic heterocycles. The fraction of sp³-hybridized carbons (Fsp3) is 0.500. The van der Waals surface area contributed by atoms with E-state index in [1.807, 2.05) is 13.8 Å². The van der Waals surface area contributed by atoms with Gasteiger partial charge < -0.3 is 5.43 Å². The first-order chi connectivity index (χ1) is 10.1. The molecule has 1 saturated carbocycles. The summed E-state index contributed by atoms with van der Waals surface area (Å²) in [4.78, 5) is 20.6. The number of H-pyrrole nitrogens is 1. The summed E-state index contributed by atoms with van der Waals surface area (Å²) in [6, 6.07) is 1.77. The molecule has 3 rings (SSSR count). The second-order valence-electron chi connectivity index (χ2n) is 5.25. The second kappa shape index (κ2) is 5.49. The summed E-state index contributed by atoms with van der Waals surface area (Å²) in [5.41, 5.74) is 2.34. The summed E-state index contributed by atoms with van der Waals surface area (Å²) in [5.74, 6) is 7.24. The first-order valence-corrected chi connectivity index (χ1v) is 7.60. The normalized spacial score (nSPS) is 14.7. The minimum atomic E-state index is -0.221. The molecule has 0 saturated heterocycles. The number of aromatic amines is 1. The van der Waals surface area contributed by atoms with Crippen molar-refractivity contribution in [2.75, 3.05) is 5.43 Å². The molecule has 112 valence electrons. The Kier molecular flexibility index (Phi) is 3.68. The van der Waals surface area contributed by atoms with Crippen molar-refractivity contribution in [2.24, 2.45) is 5.84 Å². The van der Waals surface area contributed by atoms with Crippen LogP contribution in [0.2, 0.25) is 0 Å². The summed E-state index contributed by atoms with van der Waals surface area (Å²) >= 11 is 1.33. The van der Waals surface area contributed by atoms with Gasteiger partial charge in [-0.25, -0.2) is 25.7 Å². The van der Waals surface area contributed by atoms with Crippen LogP contribution in [-0.4, -0.2) is 24.7 Å². The van der Waals surface area contributed by atoms with Crippen molar-refractivity contribution in [3.05, 3.63) is 22.4 Å². The van der Waals surface area contributed by atoms with E-state index in [0.717, 1.165) is 23.7 Å². The van der Waals surface area contributed by atoms with Gasteiger partial charge in [0.1, 0.15) is 16.7 Å². The van der Waals surface area contributed by atoms with Gasteiger partial charge in [0.2, 0.25) is 0 Å². The smallest absolute Gasteiger partial charge is 0.308 e. The van der Waals surface area contributed by atoms with Crippen LogP contribution in [-0.2, 0) is 0 Å². The highest BCUT2D eigenvalue weighted by Crippen LogP contribution is 2.39. The summed E-state index contributed by atoms with van der Waals surface area (Å²) in [7, 11) is 0. The molecule has 0 unspecified atom stereocenters. The van der Waals surface area contributed by atoms with Crippen LogP contribution in [0.3, 0.4) is 0 Å². The number of nitrogens with two attached hydrogens (primary N) is 1. The Labute approximate surface area is 125 Å². The zero-order valence-corrected chi connectivity index (χ0v) is 12.6. The molecule has 0 aromatic carbocycles. The molecule has 1 fully saturated rings. The van der Waals surface area contributed by atoms with Crippen molar-refractivity contribution in [3.63, 3.8) is 0 Å². The van der Waals surface area contributed by atoms with Crippen molar-refractivity contribution in [1.82, 2.24) is 24.7 Å². The number of anilines is 1. The molecule has 0 amide bonds. The number of rotatable bonds is 5. The molecule has 1 aliphatic carbocycles. The molecule has 0 aliphatic heterocycles. The van der Waals surface area contributed by atoms with Gasteiger partial charge in [-0.2, -0.15) is 0 Å². The first-order valence-electron chi connectivity index (χ1n) is 6.79. The van der Waals surface area contributed by atoms with Crippen LogP contribution >= 0.6 is 11.8 Å². The molecule has 0 spiro atoms. The van der Waals surface area contributed by atoms with E-state index in [0.29, 0.717) is 16.9 Å². The van der Waals surface area contributed by atoms with Gasteiger partial charge >= 0.3 is 5.69 Å². The molecule has 0 atom stereocenters. The second-order valence-corrected chi connectivity index (χ2v) is 6.23. The standard InChI is InChI=1S/C12H17N7OS/c1-6(2)19-11(20)17-18-12(19)21-9-5-8(16-13)14-10(15-9)7-3-4-7/h5-7H,3-4,13H2,1-2H3,(H,17,20)(H,14,15,16). The molecule has 9 heteroatoms. The van der Waals surface area contributed by atoms with Crippen molar-refractivity contribution in [3.8, 4) is 0 Å². The third kappa shape index (κ3) is 2.93. The third-order valence-electron chi connectivity index (χ3n) is 3.19. The molecule has 4 N–H and O–H groups in total. The maximum atomic E-state index is 11.7. The highest BCUT2D eigenvalue weighted by molar-refractivity contribution is 7.99. The topological polar surface area (TPSA) is 115 Å². The summed E-state index contributed by atoms with van der Waals surface area (Å²) in [6.45, 7) is 3.87. The predicted molar refractivity (Wildman–Crippen MR) is 79.2 cm³/mol. The highest BCUT2D eigenvalue weighted by Gasteiger charge is 2.27. The lowest BCUT2D eigenvalue weighted by Crippen LogP contribution is -2.19. The molecule has 2 heterocycles. The molecular formula is C12H17N7OS. The average molecular weight is 307 g/mol. The average Bonchev–Trinajstić information content (AvgIpc) is 3.23. The van der Waals surface area contributed by atoms with E-state index >= 15 is 0 Å². The summed E-state index contributed by atoms with van der Waals surface area (Å²) in [6.07, 6.45) is 2.22. The molecule has 1 aliphatic rings. The van der Waals surface area contributed by atoms with E-state index in [-0.39, 0.29) is 11.7 Å². The zero-order valence-electron chi connectivity index (χ0n) is 11.8. The van der Waals surface area contributed by atoms with Crippen LogP contribution in [0.25, 0.3) is 0 Å². The van der Waals surface area contributed by atoms with Crippen molar-refractivity contribution in [2.45, 2.75) is 48.8 Å². The van der Waals surface area contributed by atoms with E-state index in [1.54, 1.807) is 10.6 Å². The Morgan fingerprint density at radius 1 is 1.48 bits per heavy atom. The lowest BCUT2D eigenvalue weighted by Gasteiger charge is -2.09. The van der Waals surface area contributed by atoms with E-state index in [1.165, 1.54) is 11.8 Å². The Hall–Kier alpha value is -1.87. The zero-order chi connectivity index (χ0) is 15.0. The number of aromatic nitrogens is 5. The number of nitrogen functional groups attached to an aromatic ring is 1. The number of hydrogen-bond acceptors (Lipinski definition) is 7. The minimum absolute atomic E-state index is 0.0237. The van der Waals surface area contributed by atoms with Crippen molar-refractivity contribution < 1.29 is 0 Å². The van der Waals surface area contributed by atoms with Gasteiger partial charge in [0.25, 0.3) is 0 Å². The van der Waals surface area contributed by atoms with E-state index < -0.39 is 0 Å². The van der Waals surface area contributed by atoms with Gasteiger partial charge in [-0.3, -0.25) is 4.57 Å². The van der Waals surface area contributed by atoms with Gasteiger partial charge in [-0.1, -0.05) is 0 Å². The van der Waals surface area contributed by atoms with Crippen molar-refractivity contribution in [1.29, 1.82) is 0 Å². The lowest BCUT2D eigenvalue weighted by molar-refractivity contribution is 0.534. The number of nitrogens with one attached hydrogen (secondary N) is 2.